The zero-order chi connectivity index (χ0) is 20.3. The lowest BCUT2D eigenvalue weighted by atomic mass is 9.82. The van der Waals surface area contributed by atoms with Gasteiger partial charge in [0, 0.05) is 15.6 Å². The van der Waals surface area contributed by atoms with Gasteiger partial charge in [0.05, 0.1) is 19.4 Å². The highest BCUT2D eigenvalue weighted by Gasteiger charge is 2.48. The van der Waals surface area contributed by atoms with E-state index >= 15 is 0 Å². The molecule has 0 saturated carbocycles. The molecule has 8 heteroatoms. The number of carbonyl (C=O) groups excluding carboxylic acids is 2. The van der Waals surface area contributed by atoms with Crippen LogP contribution >= 0.6 is 23.4 Å². The Bertz CT molecular complexity index is 915. The van der Waals surface area contributed by atoms with Crippen molar-refractivity contribution in [3.63, 3.8) is 0 Å². The fourth-order valence-electron chi connectivity index (χ4n) is 2.99. The van der Waals surface area contributed by atoms with E-state index in [9.17, 15) is 9.59 Å². The summed E-state index contributed by atoms with van der Waals surface area (Å²) in [6, 6.07) is 14.0. The number of amides is 2. The van der Waals surface area contributed by atoms with Crippen molar-refractivity contribution in [2.24, 2.45) is 10.5 Å². The van der Waals surface area contributed by atoms with Crippen LogP contribution in [-0.2, 0) is 9.53 Å². The molecule has 0 spiro atoms. The third-order valence-corrected chi connectivity index (χ3v) is 5.53. The minimum atomic E-state index is -1.08. The van der Waals surface area contributed by atoms with Gasteiger partial charge in [0.15, 0.2) is 0 Å². The van der Waals surface area contributed by atoms with Crippen molar-refractivity contribution < 1.29 is 14.3 Å². The summed E-state index contributed by atoms with van der Waals surface area (Å²) in [6.45, 7) is 1.79. The normalized spacial score (nSPS) is 18.6. The number of benzene rings is 2. The van der Waals surface area contributed by atoms with Crippen molar-refractivity contribution >= 4 is 46.8 Å². The molecule has 2 amide bonds. The summed E-state index contributed by atoms with van der Waals surface area (Å²) >= 11 is 7.58. The summed E-state index contributed by atoms with van der Waals surface area (Å²) in [5.74, 6) is -0.458. The van der Waals surface area contributed by atoms with E-state index in [0.717, 1.165) is 4.90 Å². The predicted molar refractivity (Wildman–Crippen MR) is 112 cm³/mol. The van der Waals surface area contributed by atoms with Crippen LogP contribution in [0.3, 0.4) is 0 Å². The molecule has 0 aromatic heterocycles. The molecule has 1 aliphatic rings. The number of nitrogens with one attached hydrogen (secondary N) is 1. The summed E-state index contributed by atoms with van der Waals surface area (Å²) in [4.78, 5) is 26.3. The number of methoxy groups -OCH3 is 1. The van der Waals surface area contributed by atoms with Crippen LogP contribution in [0.4, 0.5) is 10.5 Å². The topological polar surface area (TPSA) is 71.0 Å². The van der Waals surface area contributed by atoms with Crippen LogP contribution in [0.1, 0.15) is 12.5 Å². The first-order chi connectivity index (χ1) is 13.4. The Hall–Kier alpha value is -2.51. The van der Waals surface area contributed by atoms with E-state index in [0.29, 0.717) is 22.0 Å². The highest BCUT2D eigenvalue weighted by molar-refractivity contribution is 7.98. The molecule has 1 unspecified atom stereocenters. The molecule has 2 aromatic rings. The third kappa shape index (κ3) is 4.00. The Morgan fingerprint density at radius 2 is 1.82 bits per heavy atom. The van der Waals surface area contributed by atoms with Gasteiger partial charge in [-0.25, -0.2) is 9.80 Å². The van der Waals surface area contributed by atoms with Gasteiger partial charge in [0.1, 0.15) is 5.41 Å². The maximum absolute atomic E-state index is 12.7. The minimum absolute atomic E-state index is 0.0758. The Morgan fingerprint density at radius 3 is 2.39 bits per heavy atom. The summed E-state index contributed by atoms with van der Waals surface area (Å²) < 4.78 is 4.98. The maximum Gasteiger partial charge on any atom is 0.342 e. The van der Waals surface area contributed by atoms with Crippen LogP contribution in [-0.4, -0.2) is 42.6 Å². The van der Waals surface area contributed by atoms with Gasteiger partial charge in [-0.05, 0) is 55.1 Å². The van der Waals surface area contributed by atoms with E-state index in [1.54, 1.807) is 43.0 Å². The molecular weight excluding hydrogens is 398 g/mol. The highest BCUT2D eigenvalue weighted by atomic mass is 35.5. The van der Waals surface area contributed by atoms with Crippen LogP contribution in [0, 0.1) is 5.41 Å². The van der Waals surface area contributed by atoms with Crippen LogP contribution in [0.5, 0.6) is 0 Å². The molecule has 1 N–H and O–H groups in total. The lowest BCUT2D eigenvalue weighted by Gasteiger charge is -2.23. The number of hydrogen-bond donors (Lipinski definition) is 1. The second-order valence-electron chi connectivity index (χ2n) is 6.50. The zero-order valence-corrected chi connectivity index (χ0v) is 17.3. The predicted octanol–water partition coefficient (Wildman–Crippen LogP) is 4.49. The number of anilines is 1. The van der Waals surface area contributed by atoms with E-state index in [1.165, 1.54) is 12.1 Å². The third-order valence-electron chi connectivity index (χ3n) is 4.54. The second-order valence-corrected chi connectivity index (χ2v) is 7.81. The quantitative estimate of drug-likeness (QED) is 0.587. The van der Waals surface area contributed by atoms with E-state index in [-0.39, 0.29) is 6.54 Å². The number of rotatable bonds is 4. The summed E-state index contributed by atoms with van der Waals surface area (Å²) in [7, 11) is 1.32. The fourth-order valence-corrected chi connectivity index (χ4v) is 3.53. The molecule has 0 aliphatic carbocycles. The van der Waals surface area contributed by atoms with E-state index < -0.39 is 17.4 Å². The van der Waals surface area contributed by atoms with Gasteiger partial charge in [-0.3, -0.25) is 4.79 Å². The molecule has 1 aliphatic heterocycles. The molecule has 28 heavy (non-hydrogen) atoms. The van der Waals surface area contributed by atoms with Gasteiger partial charge < -0.3 is 10.1 Å². The van der Waals surface area contributed by atoms with Gasteiger partial charge >= 0.3 is 12.0 Å². The SMILES string of the molecule is COC(=O)C1(C)CN(C(=O)Nc2ccc(SC)cc2)N=C1c1ccc(Cl)cc1. The number of hydrogen-bond acceptors (Lipinski definition) is 5. The lowest BCUT2D eigenvalue weighted by molar-refractivity contribution is -0.147. The highest BCUT2D eigenvalue weighted by Crippen LogP contribution is 2.33. The molecule has 2 aromatic carbocycles. The molecule has 1 heterocycles. The molecule has 0 radical (unpaired) electrons. The van der Waals surface area contributed by atoms with Crippen LogP contribution in [0.15, 0.2) is 58.5 Å². The summed E-state index contributed by atoms with van der Waals surface area (Å²) in [5.41, 5.74) is 0.737. The van der Waals surface area contributed by atoms with Crippen molar-refractivity contribution in [3.05, 3.63) is 59.1 Å². The van der Waals surface area contributed by atoms with Crippen LogP contribution in [0.25, 0.3) is 0 Å². The second kappa shape index (κ2) is 8.24. The first kappa shape index (κ1) is 20.2. The van der Waals surface area contributed by atoms with Gasteiger partial charge in [0.2, 0.25) is 0 Å². The van der Waals surface area contributed by atoms with Gasteiger partial charge in [-0.2, -0.15) is 5.10 Å². The van der Waals surface area contributed by atoms with E-state index in [1.807, 2.05) is 30.5 Å². The van der Waals surface area contributed by atoms with Crippen molar-refractivity contribution in [2.75, 3.05) is 25.2 Å². The monoisotopic (exact) mass is 417 g/mol. The molecule has 3 rings (SSSR count). The van der Waals surface area contributed by atoms with Gasteiger partial charge in [-0.15, -0.1) is 11.8 Å². The first-order valence-corrected chi connectivity index (χ1v) is 10.1. The van der Waals surface area contributed by atoms with E-state index in [2.05, 4.69) is 10.4 Å². The Morgan fingerprint density at radius 1 is 1.18 bits per heavy atom. The summed E-state index contributed by atoms with van der Waals surface area (Å²) in [5, 5.41) is 9.07. The molecule has 6 nitrogen and oxygen atoms in total. The molecular formula is C20H20ClN3O3S. The number of carbonyl (C=O) groups is 2. The van der Waals surface area contributed by atoms with Gasteiger partial charge in [0.25, 0.3) is 0 Å². The van der Waals surface area contributed by atoms with E-state index in [4.69, 9.17) is 16.3 Å². The first-order valence-electron chi connectivity index (χ1n) is 8.53. The number of esters is 1. The Kier molecular flexibility index (Phi) is 5.96. The number of ether oxygens (including phenoxy) is 1. The average Bonchev–Trinajstić information content (AvgIpc) is 3.07. The van der Waals surface area contributed by atoms with Crippen molar-refractivity contribution in [3.8, 4) is 0 Å². The molecule has 1 atom stereocenters. The molecule has 0 bridgehead atoms. The number of halogens is 1. The van der Waals surface area contributed by atoms with Crippen molar-refractivity contribution in [1.29, 1.82) is 0 Å². The number of urea groups is 1. The number of hydrazone groups is 1. The van der Waals surface area contributed by atoms with Crippen molar-refractivity contribution in [1.82, 2.24) is 5.01 Å². The minimum Gasteiger partial charge on any atom is -0.468 e. The molecule has 146 valence electrons. The number of thioether (sulfide) groups is 1. The largest absolute Gasteiger partial charge is 0.468 e. The average molecular weight is 418 g/mol. The maximum atomic E-state index is 12.7. The van der Waals surface area contributed by atoms with Crippen LogP contribution < -0.4 is 5.32 Å². The smallest absolute Gasteiger partial charge is 0.342 e. The summed E-state index contributed by atoms with van der Waals surface area (Å²) in [6.07, 6.45) is 1.98. The fraction of sp³-hybridized carbons (Fsp3) is 0.250. The lowest BCUT2D eigenvalue weighted by Crippen LogP contribution is -2.42. The Balaban J connectivity index is 1.87. The molecule has 0 saturated heterocycles. The number of nitrogens with zero attached hydrogens (tertiary/aromatic N) is 2. The van der Waals surface area contributed by atoms with Crippen molar-refractivity contribution in [2.45, 2.75) is 11.8 Å². The zero-order valence-electron chi connectivity index (χ0n) is 15.7. The van der Waals surface area contributed by atoms with Gasteiger partial charge in [-0.1, -0.05) is 23.7 Å². The standard InChI is InChI=1S/C20H20ClN3O3S/c1-20(18(25)27-2)12-24(23-17(20)13-4-6-14(21)7-5-13)19(26)22-15-8-10-16(28-3)11-9-15/h4-11H,12H2,1-3H3,(H,22,26). The Labute approximate surface area is 172 Å². The molecule has 0 fully saturated rings. The van der Waals surface area contributed by atoms with Crippen LogP contribution in [0.2, 0.25) is 5.02 Å².